The maximum absolute atomic E-state index is 14.4. The third kappa shape index (κ3) is 4.02. The zero-order valence-electron chi connectivity index (χ0n) is 14.2. The summed E-state index contributed by atoms with van der Waals surface area (Å²) >= 11 is 1.39. The van der Waals surface area contributed by atoms with Crippen LogP contribution < -0.4 is 10.8 Å². The van der Waals surface area contributed by atoms with Crippen LogP contribution in [0.15, 0.2) is 41.7 Å². The van der Waals surface area contributed by atoms with E-state index in [0.717, 1.165) is 11.0 Å². The summed E-state index contributed by atoms with van der Waals surface area (Å²) in [5, 5.41) is 11.6. The van der Waals surface area contributed by atoms with E-state index in [1.54, 1.807) is 6.07 Å². The van der Waals surface area contributed by atoms with Crippen molar-refractivity contribution in [2.45, 2.75) is 4.90 Å². The number of nitrogens with one attached hydrogen (secondary N) is 2. The van der Waals surface area contributed by atoms with E-state index < -0.39 is 17.5 Å². The first-order chi connectivity index (χ1) is 13.0. The van der Waals surface area contributed by atoms with Gasteiger partial charge >= 0.3 is 0 Å². The van der Waals surface area contributed by atoms with Crippen LogP contribution in [0.1, 0.15) is 10.4 Å². The second-order valence-corrected chi connectivity index (χ2v) is 6.26. The van der Waals surface area contributed by atoms with Crippen molar-refractivity contribution in [3.8, 4) is 0 Å². The van der Waals surface area contributed by atoms with Crippen molar-refractivity contribution in [2.75, 3.05) is 24.8 Å². The quantitative estimate of drug-likeness (QED) is 0.325. The van der Waals surface area contributed by atoms with Gasteiger partial charge in [0.25, 0.3) is 5.91 Å². The second-order valence-electron chi connectivity index (χ2n) is 5.38. The molecule has 0 fully saturated rings. The van der Waals surface area contributed by atoms with Crippen molar-refractivity contribution in [3.63, 3.8) is 0 Å². The summed E-state index contributed by atoms with van der Waals surface area (Å²) < 4.78 is 30.0. The van der Waals surface area contributed by atoms with Gasteiger partial charge in [-0.2, -0.15) is 0 Å². The van der Waals surface area contributed by atoms with Gasteiger partial charge in [0.15, 0.2) is 0 Å². The number of aliphatic hydroxyl groups is 1. The molecule has 0 aliphatic heterocycles. The first kappa shape index (κ1) is 19.1. The van der Waals surface area contributed by atoms with E-state index in [4.69, 9.17) is 9.94 Å². The second kappa shape index (κ2) is 8.33. The third-order valence-electron chi connectivity index (χ3n) is 3.68. The van der Waals surface area contributed by atoms with E-state index in [9.17, 15) is 13.6 Å². The molecular formula is C17H16F2N4O3S. The molecule has 3 rings (SSSR count). The summed E-state index contributed by atoms with van der Waals surface area (Å²) in [5.41, 5.74) is 2.21. The van der Waals surface area contributed by atoms with Crippen molar-refractivity contribution < 1.29 is 23.5 Å². The van der Waals surface area contributed by atoms with Gasteiger partial charge in [0, 0.05) is 4.90 Å². The molecule has 10 heteroatoms. The molecule has 27 heavy (non-hydrogen) atoms. The number of nitrogens with zero attached hydrogens (tertiary/aromatic N) is 2. The van der Waals surface area contributed by atoms with E-state index >= 15 is 0 Å². The topological polar surface area (TPSA) is 87.9 Å². The molecule has 142 valence electrons. The lowest BCUT2D eigenvalue weighted by molar-refractivity contribution is 0.0168. The van der Waals surface area contributed by atoms with Gasteiger partial charge in [0.05, 0.1) is 30.7 Å². The highest BCUT2D eigenvalue weighted by atomic mass is 32.2. The van der Waals surface area contributed by atoms with Crippen LogP contribution in [0.25, 0.3) is 5.52 Å². The number of aromatic nitrogens is 2. The Bertz CT molecular complexity index is 980. The molecule has 0 aliphatic carbocycles. The van der Waals surface area contributed by atoms with E-state index in [-0.39, 0.29) is 35.8 Å². The number of hydrogen-bond acceptors (Lipinski definition) is 6. The van der Waals surface area contributed by atoms with Gasteiger partial charge in [-0.05, 0) is 30.5 Å². The molecule has 0 spiro atoms. The minimum Gasteiger partial charge on any atom is -0.394 e. The molecule has 0 atom stereocenters. The van der Waals surface area contributed by atoms with Crippen molar-refractivity contribution >= 4 is 34.7 Å². The fourth-order valence-corrected chi connectivity index (χ4v) is 2.84. The van der Waals surface area contributed by atoms with Gasteiger partial charge in [-0.3, -0.25) is 14.0 Å². The largest absolute Gasteiger partial charge is 0.394 e. The number of pyridine rings is 1. The molecule has 3 N–H and O–H groups in total. The van der Waals surface area contributed by atoms with Gasteiger partial charge in [-0.1, -0.05) is 0 Å². The minimum atomic E-state index is -0.762. The first-order valence-corrected chi connectivity index (χ1v) is 9.05. The van der Waals surface area contributed by atoms with Gasteiger partial charge in [0.2, 0.25) is 0 Å². The van der Waals surface area contributed by atoms with Crippen molar-refractivity contribution in [3.05, 3.63) is 54.0 Å². The number of carbonyl (C=O) groups excluding carboxylic acids is 1. The Kier molecular flexibility index (Phi) is 5.89. The fraction of sp³-hybridized carbons (Fsp3) is 0.176. The summed E-state index contributed by atoms with van der Waals surface area (Å²) in [6.07, 6.45) is 4.42. The molecule has 1 aromatic carbocycles. The van der Waals surface area contributed by atoms with Gasteiger partial charge < -0.3 is 10.4 Å². The van der Waals surface area contributed by atoms with Gasteiger partial charge in [0.1, 0.15) is 29.3 Å². The molecule has 0 bridgehead atoms. The Labute approximate surface area is 157 Å². The Hall–Kier alpha value is -2.69. The van der Waals surface area contributed by atoms with Crippen LogP contribution in [0.5, 0.6) is 0 Å². The van der Waals surface area contributed by atoms with Gasteiger partial charge in [-0.25, -0.2) is 19.2 Å². The summed E-state index contributed by atoms with van der Waals surface area (Å²) in [6.45, 7) is -0.428. The standard InChI is InChI=1S/C17H16F2N4O3S/c1-27-10-2-3-14(12(18)6-10)21-16-11(17(25)22-26-5-4-24)7-13(19)15-8-20-9-23(15)16/h2-3,6-9,21,24H,4-5H2,1H3,(H,22,25). The Morgan fingerprint density at radius 3 is 2.85 bits per heavy atom. The fourth-order valence-electron chi connectivity index (χ4n) is 2.42. The zero-order valence-corrected chi connectivity index (χ0v) is 15.0. The third-order valence-corrected chi connectivity index (χ3v) is 4.41. The highest BCUT2D eigenvalue weighted by molar-refractivity contribution is 7.98. The normalized spacial score (nSPS) is 11.0. The average Bonchev–Trinajstić information content (AvgIpc) is 3.15. The number of fused-ring (bicyclic) bond motifs is 1. The van der Waals surface area contributed by atoms with Gasteiger partial charge in [-0.15, -0.1) is 11.8 Å². The van der Waals surface area contributed by atoms with E-state index in [0.29, 0.717) is 0 Å². The number of hydrogen-bond donors (Lipinski definition) is 3. The summed E-state index contributed by atoms with van der Waals surface area (Å²) in [5.74, 6) is -1.85. The SMILES string of the molecule is CSc1ccc(Nc2c(C(=O)NOCCO)cc(F)c3cncn23)c(F)c1. The van der Waals surface area contributed by atoms with Crippen molar-refractivity contribution in [1.29, 1.82) is 0 Å². The number of benzene rings is 1. The van der Waals surface area contributed by atoms with Crippen LogP contribution in [-0.4, -0.2) is 39.9 Å². The zero-order chi connectivity index (χ0) is 19.4. The lowest BCUT2D eigenvalue weighted by atomic mass is 10.2. The molecule has 7 nitrogen and oxygen atoms in total. The number of rotatable bonds is 7. The molecule has 0 saturated heterocycles. The Balaban J connectivity index is 2.04. The molecule has 2 aromatic heterocycles. The number of aliphatic hydroxyl groups excluding tert-OH is 1. The average molecular weight is 394 g/mol. The number of imidazole rings is 1. The van der Waals surface area contributed by atoms with E-state index in [2.05, 4.69) is 15.8 Å². The molecule has 1 amide bonds. The number of halogens is 2. The maximum atomic E-state index is 14.4. The van der Waals surface area contributed by atoms with Crippen LogP contribution in [0.2, 0.25) is 0 Å². The molecule has 0 saturated carbocycles. The number of thioether (sulfide) groups is 1. The summed E-state index contributed by atoms with van der Waals surface area (Å²) in [6, 6.07) is 5.60. The number of anilines is 2. The molecule has 2 heterocycles. The van der Waals surface area contributed by atoms with Crippen LogP contribution in [-0.2, 0) is 4.84 Å². The van der Waals surface area contributed by atoms with Crippen molar-refractivity contribution in [1.82, 2.24) is 14.9 Å². The predicted molar refractivity (Wildman–Crippen MR) is 97.1 cm³/mol. The van der Waals surface area contributed by atoms with Crippen molar-refractivity contribution in [2.24, 2.45) is 0 Å². The Morgan fingerprint density at radius 2 is 2.15 bits per heavy atom. The van der Waals surface area contributed by atoms with E-state index in [1.165, 1.54) is 40.8 Å². The molecule has 0 radical (unpaired) electrons. The highest BCUT2D eigenvalue weighted by Gasteiger charge is 2.20. The molecular weight excluding hydrogens is 378 g/mol. The summed E-state index contributed by atoms with van der Waals surface area (Å²) in [7, 11) is 0. The van der Waals surface area contributed by atoms with E-state index in [1.807, 2.05) is 6.26 Å². The smallest absolute Gasteiger partial charge is 0.278 e. The maximum Gasteiger partial charge on any atom is 0.278 e. The molecule has 0 aliphatic rings. The van der Waals surface area contributed by atoms with Crippen LogP contribution in [0.4, 0.5) is 20.3 Å². The number of amides is 1. The number of hydroxylamine groups is 1. The van der Waals surface area contributed by atoms with Crippen LogP contribution in [0.3, 0.4) is 0 Å². The van der Waals surface area contributed by atoms with Crippen LogP contribution in [0, 0.1) is 11.6 Å². The summed E-state index contributed by atoms with van der Waals surface area (Å²) in [4.78, 5) is 21.8. The number of carbonyl (C=O) groups is 1. The monoisotopic (exact) mass is 394 g/mol. The lowest BCUT2D eigenvalue weighted by Gasteiger charge is -2.15. The Morgan fingerprint density at radius 1 is 1.33 bits per heavy atom. The minimum absolute atomic E-state index is 0.111. The first-order valence-electron chi connectivity index (χ1n) is 7.83. The molecule has 3 aromatic rings. The molecule has 0 unspecified atom stereocenters. The lowest BCUT2D eigenvalue weighted by Crippen LogP contribution is -2.26. The van der Waals surface area contributed by atoms with Crippen LogP contribution >= 0.6 is 11.8 Å². The predicted octanol–water partition coefficient (Wildman–Crippen LogP) is 2.73. The highest BCUT2D eigenvalue weighted by Crippen LogP contribution is 2.28.